The van der Waals surface area contributed by atoms with Gasteiger partial charge in [-0.05, 0) is 70.7 Å². The molecule has 0 amide bonds. The van der Waals surface area contributed by atoms with Crippen molar-refractivity contribution in [3.63, 3.8) is 0 Å². The standard InChI is InChI=1S/C28H32N6O4S/c1-17-24(18(2)38-31-17)20-7-8-22-25-26(20)37-16-23(21-6-4-5-13-29-21)33(25)27(30-22)32-14-9-19(10-15-32)34(39(35)36)28(3)11-12-28/h4-8,13,19,23H,9-12,14-16H2,1-3H3,(H,35,36)/p-1/t23-/m1/s1. The SMILES string of the molecule is Cc1noc(C)c1-c1ccc2nc(N3CCC(N(S(=O)[O-])C4(C)CC4)CC3)n3c2c1OC[C@@H]3c1ccccn1. The Balaban J connectivity index is 1.31. The molecule has 39 heavy (non-hydrogen) atoms. The van der Waals surface area contributed by atoms with E-state index in [0.717, 1.165) is 89.8 Å². The summed E-state index contributed by atoms with van der Waals surface area (Å²) in [7, 11) is 0. The molecule has 0 spiro atoms. The lowest BCUT2D eigenvalue weighted by atomic mass is 10.0. The highest BCUT2D eigenvalue weighted by molar-refractivity contribution is 7.76. The summed E-state index contributed by atoms with van der Waals surface area (Å²) in [5.74, 6) is 2.39. The first-order valence-electron chi connectivity index (χ1n) is 13.5. The van der Waals surface area contributed by atoms with Gasteiger partial charge in [0.25, 0.3) is 0 Å². The zero-order chi connectivity index (χ0) is 26.9. The molecule has 1 saturated carbocycles. The number of piperidine rings is 1. The maximum atomic E-state index is 12.1. The van der Waals surface area contributed by atoms with Gasteiger partial charge < -0.3 is 18.7 Å². The van der Waals surface area contributed by atoms with Crippen LogP contribution in [-0.4, -0.2) is 64.0 Å². The molecule has 1 saturated heterocycles. The first-order valence-corrected chi connectivity index (χ1v) is 14.5. The first-order chi connectivity index (χ1) is 18.9. The summed E-state index contributed by atoms with van der Waals surface area (Å²) in [5, 5.41) is 4.17. The minimum absolute atomic E-state index is 0.00874. The van der Waals surface area contributed by atoms with Crippen LogP contribution < -0.4 is 9.64 Å². The van der Waals surface area contributed by atoms with E-state index in [-0.39, 0.29) is 17.6 Å². The van der Waals surface area contributed by atoms with E-state index >= 15 is 0 Å². The quantitative estimate of drug-likeness (QED) is 0.329. The van der Waals surface area contributed by atoms with Gasteiger partial charge in [-0.1, -0.05) is 11.2 Å². The summed E-state index contributed by atoms with van der Waals surface area (Å²) in [6.45, 7) is 7.77. The molecule has 204 valence electrons. The summed E-state index contributed by atoms with van der Waals surface area (Å²) in [5.41, 5.74) is 5.17. The molecular formula is C28H31N6O4S-. The maximum absolute atomic E-state index is 12.1. The average molecular weight is 548 g/mol. The fourth-order valence-electron chi connectivity index (χ4n) is 6.35. The molecule has 5 heterocycles. The molecule has 0 bridgehead atoms. The molecule has 3 aliphatic rings. The largest absolute Gasteiger partial charge is 0.760 e. The van der Waals surface area contributed by atoms with Crippen molar-refractivity contribution in [2.24, 2.45) is 0 Å². The highest BCUT2D eigenvalue weighted by atomic mass is 32.2. The molecule has 7 rings (SSSR count). The molecule has 3 aromatic heterocycles. The normalized spacial score (nSPS) is 21.4. The average Bonchev–Trinajstić information content (AvgIpc) is 3.41. The van der Waals surface area contributed by atoms with Crippen molar-refractivity contribution in [3.8, 4) is 16.9 Å². The van der Waals surface area contributed by atoms with Gasteiger partial charge in [0.2, 0.25) is 5.95 Å². The number of hydrogen-bond donors (Lipinski definition) is 0. The van der Waals surface area contributed by atoms with Gasteiger partial charge in [-0.15, -0.1) is 0 Å². The Morgan fingerprint density at radius 2 is 1.95 bits per heavy atom. The van der Waals surface area contributed by atoms with Crippen LogP contribution in [0.15, 0.2) is 41.1 Å². The lowest BCUT2D eigenvalue weighted by molar-refractivity contribution is 0.205. The Labute approximate surface area is 229 Å². The van der Waals surface area contributed by atoms with Gasteiger partial charge in [0.15, 0.2) is 5.75 Å². The minimum atomic E-state index is -2.22. The van der Waals surface area contributed by atoms with Crippen molar-refractivity contribution < 1.29 is 18.0 Å². The third-order valence-electron chi connectivity index (χ3n) is 8.56. The molecule has 2 atom stereocenters. The third kappa shape index (κ3) is 3.97. The van der Waals surface area contributed by atoms with Crippen LogP contribution in [0.5, 0.6) is 5.75 Å². The van der Waals surface area contributed by atoms with Crippen LogP contribution in [0.1, 0.15) is 55.8 Å². The number of hydrogen-bond acceptors (Lipinski definition) is 8. The van der Waals surface area contributed by atoms with E-state index in [4.69, 9.17) is 14.2 Å². The van der Waals surface area contributed by atoms with Gasteiger partial charge in [0.05, 0.1) is 22.5 Å². The van der Waals surface area contributed by atoms with Crippen molar-refractivity contribution >= 4 is 28.2 Å². The number of aryl methyl sites for hydroxylation is 2. The highest BCUT2D eigenvalue weighted by Gasteiger charge is 2.47. The van der Waals surface area contributed by atoms with Crippen LogP contribution in [0.3, 0.4) is 0 Å². The molecule has 2 fully saturated rings. The predicted octanol–water partition coefficient (Wildman–Crippen LogP) is 4.30. The topological polar surface area (TPSA) is 113 Å². The zero-order valence-electron chi connectivity index (χ0n) is 22.3. The summed E-state index contributed by atoms with van der Waals surface area (Å²) in [4.78, 5) is 12.1. The number of rotatable bonds is 6. The van der Waals surface area contributed by atoms with E-state index in [9.17, 15) is 8.76 Å². The lowest BCUT2D eigenvalue weighted by Gasteiger charge is -2.42. The number of anilines is 1. The van der Waals surface area contributed by atoms with Gasteiger partial charge >= 0.3 is 0 Å². The van der Waals surface area contributed by atoms with E-state index in [0.29, 0.717) is 6.61 Å². The van der Waals surface area contributed by atoms with E-state index < -0.39 is 11.3 Å². The van der Waals surface area contributed by atoms with Crippen molar-refractivity contribution in [1.29, 1.82) is 0 Å². The van der Waals surface area contributed by atoms with Crippen LogP contribution in [0.25, 0.3) is 22.2 Å². The van der Waals surface area contributed by atoms with Crippen LogP contribution in [0.2, 0.25) is 0 Å². The van der Waals surface area contributed by atoms with Gasteiger partial charge in [0, 0.05) is 47.7 Å². The summed E-state index contributed by atoms with van der Waals surface area (Å²) in [6, 6.07) is 9.87. The van der Waals surface area contributed by atoms with Crippen LogP contribution in [-0.2, 0) is 11.3 Å². The third-order valence-corrected chi connectivity index (χ3v) is 9.62. The van der Waals surface area contributed by atoms with Crippen molar-refractivity contribution in [2.45, 2.75) is 64.1 Å². The van der Waals surface area contributed by atoms with Crippen molar-refractivity contribution in [2.75, 3.05) is 24.6 Å². The number of nitrogens with zero attached hydrogens (tertiary/aromatic N) is 6. The molecule has 1 aromatic carbocycles. The molecule has 0 N–H and O–H groups in total. The molecular weight excluding hydrogens is 516 g/mol. The summed E-state index contributed by atoms with van der Waals surface area (Å²) >= 11 is -2.22. The van der Waals surface area contributed by atoms with Gasteiger partial charge in [-0.2, -0.15) is 0 Å². The Kier molecular flexibility index (Phi) is 5.80. The van der Waals surface area contributed by atoms with Crippen LogP contribution in [0.4, 0.5) is 5.95 Å². The molecule has 11 heteroatoms. The van der Waals surface area contributed by atoms with Gasteiger partial charge in [0.1, 0.15) is 23.9 Å². The number of imidazole rings is 1. The second-order valence-electron chi connectivity index (χ2n) is 11.1. The Hall–Kier alpha value is -3.28. The number of ether oxygens (including phenoxy) is 1. The smallest absolute Gasteiger partial charge is 0.207 e. The Morgan fingerprint density at radius 3 is 2.59 bits per heavy atom. The highest BCUT2D eigenvalue weighted by Crippen LogP contribution is 2.47. The monoisotopic (exact) mass is 547 g/mol. The minimum Gasteiger partial charge on any atom is -0.760 e. The van der Waals surface area contributed by atoms with E-state index in [2.05, 4.69) is 26.5 Å². The maximum Gasteiger partial charge on any atom is 0.207 e. The number of pyridine rings is 1. The molecule has 2 aliphatic heterocycles. The summed E-state index contributed by atoms with van der Waals surface area (Å²) < 4.78 is 40.2. The van der Waals surface area contributed by atoms with Crippen LogP contribution in [0, 0.1) is 13.8 Å². The van der Waals surface area contributed by atoms with Gasteiger partial charge in [-0.3, -0.25) is 13.8 Å². The second-order valence-corrected chi connectivity index (χ2v) is 12.0. The van der Waals surface area contributed by atoms with E-state index in [1.54, 1.807) is 10.5 Å². The van der Waals surface area contributed by atoms with Crippen molar-refractivity contribution in [3.05, 3.63) is 53.7 Å². The Morgan fingerprint density at radius 1 is 1.15 bits per heavy atom. The first kappa shape index (κ1) is 24.7. The fourth-order valence-corrected chi connectivity index (χ4v) is 7.34. The predicted molar refractivity (Wildman–Crippen MR) is 146 cm³/mol. The second kappa shape index (κ2) is 9.14. The van der Waals surface area contributed by atoms with E-state index in [1.807, 2.05) is 44.2 Å². The van der Waals surface area contributed by atoms with Crippen LogP contribution >= 0.6 is 0 Å². The summed E-state index contributed by atoms with van der Waals surface area (Å²) in [6.07, 6.45) is 5.18. The zero-order valence-corrected chi connectivity index (χ0v) is 23.1. The Bertz CT molecular complexity index is 1550. The van der Waals surface area contributed by atoms with Crippen molar-refractivity contribution in [1.82, 2.24) is 24.0 Å². The number of aromatic nitrogens is 4. The number of benzene rings is 1. The lowest BCUT2D eigenvalue weighted by Crippen LogP contribution is -2.50. The molecule has 10 nitrogen and oxygen atoms in total. The molecule has 4 aromatic rings. The molecule has 0 radical (unpaired) electrons. The van der Waals surface area contributed by atoms with Gasteiger partial charge in [-0.25, -0.2) is 9.29 Å². The van der Waals surface area contributed by atoms with E-state index in [1.165, 1.54) is 0 Å². The fraction of sp³-hybridized carbons (Fsp3) is 0.464. The molecule has 1 unspecified atom stereocenters. The molecule has 1 aliphatic carbocycles.